The Morgan fingerprint density at radius 2 is 2.44 bits per heavy atom. The van der Waals surface area contributed by atoms with Gasteiger partial charge in [0.25, 0.3) is 0 Å². The van der Waals surface area contributed by atoms with Crippen molar-refractivity contribution in [3.63, 3.8) is 0 Å². The second-order valence-electron chi connectivity index (χ2n) is 4.16. The lowest BCUT2D eigenvalue weighted by Gasteiger charge is -2.35. The minimum Gasteiger partial charge on any atom is -0.394 e. The molecule has 1 heterocycles. The molecule has 0 radical (unpaired) electrons. The van der Waals surface area contributed by atoms with Gasteiger partial charge >= 0.3 is 0 Å². The number of carbonyl (C=O) groups is 1. The Balaban J connectivity index is 2.44. The average Bonchev–Trinajstić information content (AvgIpc) is 2.29. The maximum Gasteiger partial charge on any atom is 0.224 e. The summed E-state index contributed by atoms with van der Waals surface area (Å²) in [4.78, 5) is 13.7. The molecule has 0 aliphatic carbocycles. The van der Waals surface area contributed by atoms with Gasteiger partial charge in [0.2, 0.25) is 5.91 Å². The molecule has 0 aromatic rings. The topological polar surface area (TPSA) is 61.8 Å². The van der Waals surface area contributed by atoms with Gasteiger partial charge in [-0.05, 0) is 13.5 Å². The van der Waals surface area contributed by atoms with Gasteiger partial charge in [0.1, 0.15) is 0 Å². The fourth-order valence-corrected chi connectivity index (χ4v) is 1.93. The van der Waals surface area contributed by atoms with Crippen molar-refractivity contribution in [3.8, 4) is 0 Å². The van der Waals surface area contributed by atoms with E-state index in [0.717, 1.165) is 6.54 Å². The van der Waals surface area contributed by atoms with E-state index in [2.05, 4.69) is 5.32 Å². The SMILES string of the molecule is CCNC(C)CC(=O)N1CCOCC1CO. The highest BCUT2D eigenvalue weighted by molar-refractivity contribution is 5.77. The van der Waals surface area contributed by atoms with E-state index in [1.54, 1.807) is 4.90 Å². The van der Waals surface area contributed by atoms with Crippen molar-refractivity contribution in [1.82, 2.24) is 10.2 Å². The number of nitrogens with one attached hydrogen (secondary N) is 1. The van der Waals surface area contributed by atoms with Crippen LogP contribution < -0.4 is 5.32 Å². The molecule has 1 rings (SSSR count). The highest BCUT2D eigenvalue weighted by Crippen LogP contribution is 2.09. The molecule has 1 fully saturated rings. The molecule has 94 valence electrons. The molecule has 2 atom stereocenters. The molecule has 0 aromatic heterocycles. The zero-order valence-electron chi connectivity index (χ0n) is 10.1. The van der Waals surface area contributed by atoms with Gasteiger partial charge in [-0.3, -0.25) is 4.79 Å². The lowest BCUT2D eigenvalue weighted by atomic mass is 10.1. The summed E-state index contributed by atoms with van der Waals surface area (Å²) in [5.41, 5.74) is 0. The molecule has 2 unspecified atom stereocenters. The zero-order valence-corrected chi connectivity index (χ0v) is 10.1. The minimum absolute atomic E-state index is 0.0265. The van der Waals surface area contributed by atoms with Gasteiger partial charge in [-0.25, -0.2) is 0 Å². The van der Waals surface area contributed by atoms with Crippen LogP contribution >= 0.6 is 0 Å². The Bertz CT molecular complexity index is 223. The smallest absolute Gasteiger partial charge is 0.224 e. The maximum atomic E-state index is 12.0. The van der Waals surface area contributed by atoms with Crippen LogP contribution in [0.3, 0.4) is 0 Å². The number of amides is 1. The van der Waals surface area contributed by atoms with Gasteiger partial charge in [-0.15, -0.1) is 0 Å². The number of hydrogen-bond donors (Lipinski definition) is 2. The number of morpholine rings is 1. The van der Waals surface area contributed by atoms with Gasteiger partial charge in [0.15, 0.2) is 0 Å². The van der Waals surface area contributed by atoms with Crippen molar-refractivity contribution in [2.45, 2.75) is 32.4 Å². The largest absolute Gasteiger partial charge is 0.394 e. The van der Waals surface area contributed by atoms with E-state index in [1.165, 1.54) is 0 Å². The molecule has 1 amide bonds. The van der Waals surface area contributed by atoms with Crippen LogP contribution in [0.4, 0.5) is 0 Å². The number of hydrogen-bond acceptors (Lipinski definition) is 4. The molecular formula is C11H22N2O3. The number of carbonyl (C=O) groups excluding carboxylic acids is 1. The molecule has 1 aliphatic rings. The van der Waals surface area contributed by atoms with Gasteiger partial charge in [0.05, 0.1) is 25.9 Å². The van der Waals surface area contributed by atoms with E-state index in [-0.39, 0.29) is 24.6 Å². The second kappa shape index (κ2) is 6.83. The second-order valence-corrected chi connectivity index (χ2v) is 4.16. The van der Waals surface area contributed by atoms with Crippen LogP contribution in [0.1, 0.15) is 20.3 Å². The molecule has 0 saturated carbocycles. The van der Waals surface area contributed by atoms with Crippen molar-refractivity contribution in [3.05, 3.63) is 0 Å². The van der Waals surface area contributed by atoms with Crippen molar-refractivity contribution in [2.75, 3.05) is 32.9 Å². The molecule has 0 spiro atoms. The van der Waals surface area contributed by atoms with E-state index in [1.807, 2.05) is 13.8 Å². The Hall–Kier alpha value is -0.650. The fraction of sp³-hybridized carbons (Fsp3) is 0.909. The highest BCUT2D eigenvalue weighted by atomic mass is 16.5. The van der Waals surface area contributed by atoms with Crippen LogP contribution in [-0.2, 0) is 9.53 Å². The van der Waals surface area contributed by atoms with E-state index in [0.29, 0.717) is 26.2 Å². The Morgan fingerprint density at radius 1 is 1.69 bits per heavy atom. The quantitative estimate of drug-likeness (QED) is 0.674. The third-order valence-electron chi connectivity index (χ3n) is 2.79. The summed E-state index contributed by atoms with van der Waals surface area (Å²) in [7, 11) is 0. The predicted molar refractivity (Wildman–Crippen MR) is 61.2 cm³/mol. The highest BCUT2D eigenvalue weighted by Gasteiger charge is 2.27. The van der Waals surface area contributed by atoms with Gasteiger partial charge in [0, 0.05) is 19.0 Å². The minimum atomic E-state index is -0.171. The predicted octanol–water partition coefficient (Wildman–Crippen LogP) is -0.406. The third-order valence-corrected chi connectivity index (χ3v) is 2.79. The van der Waals surface area contributed by atoms with E-state index < -0.39 is 0 Å². The molecule has 0 bridgehead atoms. The van der Waals surface area contributed by atoms with Gasteiger partial charge < -0.3 is 20.1 Å². The Labute approximate surface area is 96.8 Å². The number of aliphatic hydroxyl groups excluding tert-OH is 1. The monoisotopic (exact) mass is 230 g/mol. The number of aliphatic hydroxyl groups is 1. The number of rotatable bonds is 5. The first kappa shape index (κ1) is 13.4. The first-order chi connectivity index (χ1) is 7.69. The van der Waals surface area contributed by atoms with Crippen LogP contribution in [0.5, 0.6) is 0 Å². The van der Waals surface area contributed by atoms with Crippen LogP contribution in [0, 0.1) is 0 Å². The normalized spacial score (nSPS) is 23.2. The molecule has 1 saturated heterocycles. The zero-order chi connectivity index (χ0) is 12.0. The molecular weight excluding hydrogens is 208 g/mol. The van der Waals surface area contributed by atoms with Crippen LogP contribution in [0.25, 0.3) is 0 Å². The van der Waals surface area contributed by atoms with Crippen molar-refractivity contribution < 1.29 is 14.6 Å². The summed E-state index contributed by atoms with van der Waals surface area (Å²) in [5.74, 6) is 0.0933. The molecule has 0 aromatic carbocycles. The third kappa shape index (κ3) is 3.73. The van der Waals surface area contributed by atoms with E-state index in [4.69, 9.17) is 9.84 Å². The standard InChI is InChI=1S/C11H22N2O3/c1-3-12-9(2)6-11(15)13-4-5-16-8-10(13)7-14/h9-10,12,14H,3-8H2,1-2H3. The Morgan fingerprint density at radius 3 is 3.06 bits per heavy atom. The van der Waals surface area contributed by atoms with Crippen molar-refractivity contribution in [1.29, 1.82) is 0 Å². The van der Waals surface area contributed by atoms with Crippen LogP contribution in [-0.4, -0.2) is 60.9 Å². The number of nitrogens with zero attached hydrogens (tertiary/aromatic N) is 1. The molecule has 2 N–H and O–H groups in total. The summed E-state index contributed by atoms with van der Waals surface area (Å²) >= 11 is 0. The van der Waals surface area contributed by atoms with Crippen LogP contribution in [0.2, 0.25) is 0 Å². The lowest BCUT2D eigenvalue weighted by molar-refractivity contribution is -0.142. The molecule has 1 aliphatic heterocycles. The molecule has 5 nitrogen and oxygen atoms in total. The summed E-state index contributed by atoms with van der Waals surface area (Å²) in [6, 6.07) is 0.00904. The maximum absolute atomic E-state index is 12.0. The lowest BCUT2D eigenvalue weighted by Crippen LogP contribution is -2.51. The molecule has 5 heteroatoms. The van der Waals surface area contributed by atoms with Crippen molar-refractivity contribution >= 4 is 5.91 Å². The summed E-state index contributed by atoms with van der Waals surface area (Å²) < 4.78 is 5.24. The average molecular weight is 230 g/mol. The summed E-state index contributed by atoms with van der Waals surface area (Å²) in [6.07, 6.45) is 0.477. The van der Waals surface area contributed by atoms with Crippen LogP contribution in [0.15, 0.2) is 0 Å². The van der Waals surface area contributed by atoms with Gasteiger partial charge in [-0.2, -0.15) is 0 Å². The first-order valence-electron chi connectivity index (χ1n) is 5.90. The molecule has 16 heavy (non-hydrogen) atoms. The van der Waals surface area contributed by atoms with Gasteiger partial charge in [-0.1, -0.05) is 6.92 Å². The summed E-state index contributed by atoms with van der Waals surface area (Å²) in [6.45, 7) is 6.45. The van der Waals surface area contributed by atoms with Crippen molar-refractivity contribution in [2.24, 2.45) is 0 Å². The van der Waals surface area contributed by atoms with E-state index >= 15 is 0 Å². The fourth-order valence-electron chi connectivity index (χ4n) is 1.93. The number of ether oxygens (including phenoxy) is 1. The Kier molecular flexibility index (Phi) is 5.73. The summed E-state index contributed by atoms with van der Waals surface area (Å²) in [5, 5.41) is 12.4. The van der Waals surface area contributed by atoms with E-state index in [9.17, 15) is 4.79 Å². The first-order valence-corrected chi connectivity index (χ1v) is 5.90.